The quantitative estimate of drug-likeness (QED) is 0.802. The van der Waals surface area contributed by atoms with Gasteiger partial charge < -0.3 is 5.73 Å². The molecule has 1 aliphatic rings. The van der Waals surface area contributed by atoms with Gasteiger partial charge in [-0.1, -0.05) is 12.1 Å². The van der Waals surface area contributed by atoms with Crippen LogP contribution >= 0.6 is 0 Å². The molecule has 0 radical (unpaired) electrons. The SMILES string of the molecule is NC(=O)CCN1C(=O)C[C@@H](Cc2ccc(F)cc2)C1=O. The highest BCUT2D eigenvalue weighted by molar-refractivity contribution is 6.03. The summed E-state index contributed by atoms with van der Waals surface area (Å²) in [5, 5.41) is 0. The summed E-state index contributed by atoms with van der Waals surface area (Å²) in [6.45, 7) is 0.0346. The zero-order valence-corrected chi connectivity index (χ0v) is 10.8. The number of rotatable bonds is 5. The van der Waals surface area contributed by atoms with E-state index in [2.05, 4.69) is 0 Å². The number of nitrogens with two attached hydrogens (primary N) is 1. The zero-order valence-electron chi connectivity index (χ0n) is 10.8. The van der Waals surface area contributed by atoms with Crippen molar-refractivity contribution in [2.75, 3.05) is 6.54 Å². The standard InChI is InChI=1S/C14H15FN2O3/c15-11-3-1-9(2-4-11)7-10-8-13(19)17(14(10)20)6-5-12(16)18/h1-4,10H,5-8H2,(H2,16,18)/t10-/m1/s1. The molecule has 106 valence electrons. The molecule has 0 saturated carbocycles. The van der Waals surface area contributed by atoms with E-state index in [1.807, 2.05) is 0 Å². The minimum Gasteiger partial charge on any atom is -0.370 e. The van der Waals surface area contributed by atoms with Gasteiger partial charge in [0.1, 0.15) is 5.82 Å². The van der Waals surface area contributed by atoms with Gasteiger partial charge in [0.05, 0.1) is 5.92 Å². The molecule has 0 unspecified atom stereocenters. The Kier molecular flexibility index (Phi) is 4.12. The Bertz CT molecular complexity index is 542. The maximum Gasteiger partial charge on any atom is 0.233 e. The number of primary amides is 1. The molecule has 1 aromatic rings. The molecule has 2 rings (SSSR count). The zero-order chi connectivity index (χ0) is 14.7. The summed E-state index contributed by atoms with van der Waals surface area (Å²) >= 11 is 0. The third-order valence-corrected chi connectivity index (χ3v) is 3.31. The minimum absolute atomic E-state index is 0.0270. The molecular formula is C14H15FN2O3. The summed E-state index contributed by atoms with van der Waals surface area (Å²) in [5.41, 5.74) is 5.81. The molecule has 1 fully saturated rings. The lowest BCUT2D eigenvalue weighted by molar-refractivity contribution is -0.139. The Balaban J connectivity index is 2.00. The molecule has 1 heterocycles. The van der Waals surface area contributed by atoms with Crippen molar-refractivity contribution in [1.29, 1.82) is 0 Å². The van der Waals surface area contributed by atoms with E-state index in [0.717, 1.165) is 10.5 Å². The highest BCUT2D eigenvalue weighted by atomic mass is 19.1. The van der Waals surface area contributed by atoms with E-state index in [4.69, 9.17) is 5.73 Å². The summed E-state index contributed by atoms with van der Waals surface area (Å²) in [6.07, 6.45) is 0.480. The monoisotopic (exact) mass is 278 g/mol. The second-order valence-electron chi connectivity index (χ2n) is 4.83. The first-order valence-corrected chi connectivity index (χ1v) is 6.34. The van der Waals surface area contributed by atoms with Crippen LogP contribution in [0.2, 0.25) is 0 Å². The van der Waals surface area contributed by atoms with Crippen LogP contribution in [0, 0.1) is 11.7 Å². The van der Waals surface area contributed by atoms with Gasteiger partial charge in [0, 0.05) is 19.4 Å². The molecule has 1 aromatic carbocycles. The van der Waals surface area contributed by atoms with Crippen molar-refractivity contribution < 1.29 is 18.8 Å². The third kappa shape index (κ3) is 3.20. The van der Waals surface area contributed by atoms with Crippen LogP contribution in [0.3, 0.4) is 0 Å². The van der Waals surface area contributed by atoms with Gasteiger partial charge in [-0.3, -0.25) is 19.3 Å². The molecule has 2 N–H and O–H groups in total. The van der Waals surface area contributed by atoms with Crippen LogP contribution < -0.4 is 5.73 Å². The van der Waals surface area contributed by atoms with E-state index in [0.29, 0.717) is 6.42 Å². The Morgan fingerprint density at radius 1 is 1.30 bits per heavy atom. The number of halogens is 1. The van der Waals surface area contributed by atoms with E-state index >= 15 is 0 Å². The number of nitrogens with zero attached hydrogens (tertiary/aromatic N) is 1. The first-order valence-electron chi connectivity index (χ1n) is 6.34. The predicted octanol–water partition coefficient (Wildman–Crippen LogP) is 0.619. The highest BCUT2D eigenvalue weighted by Gasteiger charge is 2.38. The normalized spacial score (nSPS) is 18.6. The first kappa shape index (κ1) is 14.2. The number of benzene rings is 1. The number of likely N-dealkylation sites (tertiary alicyclic amines) is 1. The fourth-order valence-corrected chi connectivity index (χ4v) is 2.27. The molecule has 0 spiro atoms. The molecule has 1 saturated heterocycles. The fraction of sp³-hybridized carbons (Fsp3) is 0.357. The number of hydrogen-bond donors (Lipinski definition) is 1. The molecule has 0 bridgehead atoms. The Morgan fingerprint density at radius 2 is 1.95 bits per heavy atom. The van der Waals surface area contributed by atoms with E-state index in [9.17, 15) is 18.8 Å². The summed E-state index contributed by atoms with van der Waals surface area (Å²) < 4.78 is 12.8. The van der Waals surface area contributed by atoms with Gasteiger partial charge in [-0.15, -0.1) is 0 Å². The highest BCUT2D eigenvalue weighted by Crippen LogP contribution is 2.23. The smallest absolute Gasteiger partial charge is 0.233 e. The fourth-order valence-electron chi connectivity index (χ4n) is 2.27. The van der Waals surface area contributed by atoms with Crippen molar-refractivity contribution in [1.82, 2.24) is 4.90 Å². The average Bonchev–Trinajstić information content (AvgIpc) is 2.65. The van der Waals surface area contributed by atoms with Crippen LogP contribution in [0.1, 0.15) is 18.4 Å². The van der Waals surface area contributed by atoms with Gasteiger partial charge in [0.25, 0.3) is 0 Å². The first-order chi connectivity index (χ1) is 9.47. The second kappa shape index (κ2) is 5.81. The lowest BCUT2D eigenvalue weighted by Gasteiger charge is -2.13. The van der Waals surface area contributed by atoms with Crippen molar-refractivity contribution in [3.8, 4) is 0 Å². The van der Waals surface area contributed by atoms with E-state index < -0.39 is 11.8 Å². The summed E-state index contributed by atoms with van der Waals surface area (Å²) in [4.78, 5) is 35.6. The number of hydrogen-bond acceptors (Lipinski definition) is 3. The van der Waals surface area contributed by atoms with Gasteiger partial charge in [0.15, 0.2) is 0 Å². The third-order valence-electron chi connectivity index (χ3n) is 3.31. The predicted molar refractivity (Wildman–Crippen MR) is 68.7 cm³/mol. The van der Waals surface area contributed by atoms with Crippen molar-refractivity contribution in [3.63, 3.8) is 0 Å². The molecule has 20 heavy (non-hydrogen) atoms. The Morgan fingerprint density at radius 3 is 2.55 bits per heavy atom. The van der Waals surface area contributed by atoms with Gasteiger partial charge in [-0.25, -0.2) is 4.39 Å². The van der Waals surface area contributed by atoms with Gasteiger partial charge in [0.2, 0.25) is 17.7 Å². The van der Waals surface area contributed by atoms with Gasteiger partial charge in [-0.05, 0) is 24.1 Å². The number of imide groups is 1. The molecule has 0 aliphatic carbocycles. The second-order valence-corrected chi connectivity index (χ2v) is 4.83. The van der Waals surface area contributed by atoms with E-state index in [1.165, 1.54) is 12.1 Å². The maximum absolute atomic E-state index is 12.8. The molecule has 1 aliphatic heterocycles. The van der Waals surface area contributed by atoms with Crippen molar-refractivity contribution in [2.45, 2.75) is 19.3 Å². The van der Waals surface area contributed by atoms with Gasteiger partial charge >= 0.3 is 0 Å². The largest absolute Gasteiger partial charge is 0.370 e. The topological polar surface area (TPSA) is 80.5 Å². The van der Waals surface area contributed by atoms with Crippen LogP contribution in [0.5, 0.6) is 0 Å². The number of carbonyl (C=O) groups excluding carboxylic acids is 3. The van der Waals surface area contributed by atoms with Crippen molar-refractivity contribution in [2.24, 2.45) is 11.7 Å². The molecule has 1 atom stereocenters. The van der Waals surface area contributed by atoms with E-state index in [1.54, 1.807) is 12.1 Å². The van der Waals surface area contributed by atoms with Crippen LogP contribution in [-0.4, -0.2) is 29.2 Å². The lowest BCUT2D eigenvalue weighted by Crippen LogP contribution is -2.34. The summed E-state index contributed by atoms with van der Waals surface area (Å²) in [6, 6.07) is 5.83. The number of carbonyl (C=O) groups is 3. The maximum atomic E-state index is 12.8. The van der Waals surface area contributed by atoms with E-state index in [-0.39, 0.29) is 37.0 Å². The molecule has 6 heteroatoms. The van der Waals surface area contributed by atoms with Crippen LogP contribution in [0.15, 0.2) is 24.3 Å². The summed E-state index contributed by atoms with van der Waals surface area (Å²) in [5.74, 6) is -1.91. The molecular weight excluding hydrogens is 263 g/mol. The Labute approximate surface area is 115 Å². The molecule has 3 amide bonds. The van der Waals surface area contributed by atoms with Crippen LogP contribution in [-0.2, 0) is 20.8 Å². The lowest BCUT2D eigenvalue weighted by atomic mass is 9.98. The molecule has 0 aromatic heterocycles. The van der Waals surface area contributed by atoms with Crippen molar-refractivity contribution in [3.05, 3.63) is 35.6 Å². The van der Waals surface area contributed by atoms with Gasteiger partial charge in [-0.2, -0.15) is 0 Å². The number of amides is 3. The minimum atomic E-state index is -0.549. The molecule has 5 nitrogen and oxygen atoms in total. The Hall–Kier alpha value is -2.24. The van der Waals surface area contributed by atoms with Crippen LogP contribution in [0.4, 0.5) is 4.39 Å². The van der Waals surface area contributed by atoms with Crippen LogP contribution in [0.25, 0.3) is 0 Å². The summed E-state index contributed by atoms with van der Waals surface area (Å²) in [7, 11) is 0. The average molecular weight is 278 g/mol. The van der Waals surface area contributed by atoms with Crippen molar-refractivity contribution >= 4 is 17.7 Å².